The van der Waals surface area contributed by atoms with Crippen molar-refractivity contribution in [2.24, 2.45) is 5.73 Å². The minimum absolute atomic E-state index is 0.0966. The van der Waals surface area contributed by atoms with Crippen molar-refractivity contribution in [2.45, 2.75) is 37.8 Å². The van der Waals surface area contributed by atoms with Crippen molar-refractivity contribution in [1.29, 1.82) is 0 Å². The summed E-state index contributed by atoms with van der Waals surface area (Å²) in [6.45, 7) is 1.84. The molecule has 0 bridgehead atoms. The Bertz CT molecular complexity index is 1170. The van der Waals surface area contributed by atoms with Crippen molar-refractivity contribution in [3.05, 3.63) is 22.2 Å². The van der Waals surface area contributed by atoms with Crippen LogP contribution in [0.25, 0.3) is 0 Å². The summed E-state index contributed by atoms with van der Waals surface area (Å²) in [6, 6.07) is 1.32. The maximum absolute atomic E-state index is 12.4. The summed E-state index contributed by atoms with van der Waals surface area (Å²) in [5.41, 5.74) is 9.09. The zero-order chi connectivity index (χ0) is 25.4. The molecule has 17 nitrogen and oxygen atoms in total. The third-order valence-electron chi connectivity index (χ3n) is 4.12. The van der Waals surface area contributed by atoms with E-state index in [2.05, 4.69) is 30.0 Å². The number of hydrogen-bond donors (Lipinski definition) is 7. The lowest BCUT2D eigenvalue weighted by atomic mass is 9.91. The van der Waals surface area contributed by atoms with Gasteiger partial charge in [0.1, 0.15) is 18.0 Å². The maximum Gasteiger partial charge on any atom is 0.490 e. The Labute approximate surface area is 185 Å². The SMILES string of the molecule is CC#CC1(N)C(O)[C@@H](COP(=O)(O)OP(=O)(O)OP(=O)(O)O)O[C@H]1n1c(C)cc(N)nc1=O. The molecule has 0 spiro atoms. The average molecular weight is 534 g/mol. The zero-order valence-corrected chi connectivity index (χ0v) is 19.6. The monoisotopic (exact) mass is 534 g/mol. The van der Waals surface area contributed by atoms with Crippen LogP contribution in [0.2, 0.25) is 0 Å². The molecule has 1 aromatic heterocycles. The smallest absolute Gasteiger partial charge is 0.387 e. The van der Waals surface area contributed by atoms with Gasteiger partial charge in [-0.25, -0.2) is 18.5 Å². The molecule has 33 heavy (non-hydrogen) atoms. The first-order valence-corrected chi connectivity index (χ1v) is 13.1. The molecule has 1 aliphatic rings. The highest BCUT2D eigenvalue weighted by molar-refractivity contribution is 7.66. The average Bonchev–Trinajstić information content (AvgIpc) is 2.81. The molecule has 2 heterocycles. The quantitative estimate of drug-likeness (QED) is 0.147. The summed E-state index contributed by atoms with van der Waals surface area (Å²) in [5, 5.41) is 10.7. The predicted molar refractivity (Wildman–Crippen MR) is 108 cm³/mol. The molecule has 186 valence electrons. The largest absolute Gasteiger partial charge is 0.490 e. The summed E-state index contributed by atoms with van der Waals surface area (Å²) in [6.07, 6.45) is -4.77. The molecule has 1 aromatic rings. The Kier molecular flexibility index (Phi) is 8.12. The van der Waals surface area contributed by atoms with Crippen LogP contribution in [-0.4, -0.2) is 58.6 Å². The van der Waals surface area contributed by atoms with E-state index in [1.165, 1.54) is 19.9 Å². The second-order valence-electron chi connectivity index (χ2n) is 6.64. The van der Waals surface area contributed by atoms with Crippen molar-refractivity contribution in [2.75, 3.05) is 12.3 Å². The number of ether oxygens (including phenoxy) is 1. The molecular formula is C13H21N4O13P3. The number of hydrogen-bond acceptors (Lipinski definition) is 12. The van der Waals surface area contributed by atoms with E-state index >= 15 is 0 Å². The zero-order valence-electron chi connectivity index (χ0n) is 16.9. The van der Waals surface area contributed by atoms with Gasteiger partial charge in [-0.05, 0) is 19.9 Å². The highest BCUT2D eigenvalue weighted by Gasteiger charge is 2.55. The number of aliphatic hydroxyl groups excluding tert-OH is 1. The van der Waals surface area contributed by atoms with Crippen LogP contribution in [-0.2, 0) is 31.6 Å². The molecule has 1 aliphatic heterocycles. The van der Waals surface area contributed by atoms with E-state index in [9.17, 15) is 33.4 Å². The number of phosphoric ester groups is 1. The van der Waals surface area contributed by atoms with E-state index in [0.717, 1.165) is 4.57 Å². The van der Waals surface area contributed by atoms with Crippen molar-refractivity contribution in [3.63, 3.8) is 0 Å². The topological polar surface area (TPSA) is 276 Å². The Morgan fingerprint density at radius 3 is 2.36 bits per heavy atom. The molecule has 4 unspecified atom stereocenters. The first-order valence-electron chi connectivity index (χ1n) is 8.61. The van der Waals surface area contributed by atoms with E-state index < -0.39 is 59.7 Å². The molecule has 1 fully saturated rings. The molecule has 0 saturated carbocycles. The van der Waals surface area contributed by atoms with Gasteiger partial charge in [0.15, 0.2) is 11.8 Å². The van der Waals surface area contributed by atoms with Gasteiger partial charge >= 0.3 is 29.2 Å². The minimum Gasteiger partial charge on any atom is -0.387 e. The van der Waals surface area contributed by atoms with Gasteiger partial charge in [-0.2, -0.15) is 13.6 Å². The second-order valence-corrected chi connectivity index (χ2v) is 11.1. The Hall–Kier alpha value is -1.47. The van der Waals surface area contributed by atoms with E-state index in [-0.39, 0.29) is 11.5 Å². The molecule has 6 atom stereocenters. The van der Waals surface area contributed by atoms with Gasteiger partial charge in [0.05, 0.1) is 6.61 Å². The molecule has 0 amide bonds. The fourth-order valence-corrected chi connectivity index (χ4v) is 5.98. The molecule has 1 saturated heterocycles. The van der Waals surface area contributed by atoms with Gasteiger partial charge in [-0.3, -0.25) is 9.09 Å². The highest BCUT2D eigenvalue weighted by atomic mass is 31.3. The lowest BCUT2D eigenvalue weighted by molar-refractivity contribution is -0.0474. The summed E-state index contributed by atoms with van der Waals surface area (Å²) in [4.78, 5) is 51.8. The van der Waals surface area contributed by atoms with Crippen molar-refractivity contribution in [3.8, 4) is 11.8 Å². The molecule has 2 rings (SSSR count). The number of nitrogen functional groups attached to an aromatic ring is 1. The highest BCUT2D eigenvalue weighted by Crippen LogP contribution is 2.66. The van der Waals surface area contributed by atoms with E-state index in [0.29, 0.717) is 0 Å². The normalized spacial score (nSPS) is 29.0. The van der Waals surface area contributed by atoms with Crippen molar-refractivity contribution >= 4 is 29.3 Å². The fraction of sp³-hybridized carbons (Fsp3) is 0.538. The molecule has 0 aromatic carbocycles. The molecule has 9 N–H and O–H groups in total. The van der Waals surface area contributed by atoms with Crippen LogP contribution in [0.3, 0.4) is 0 Å². The molecular weight excluding hydrogens is 513 g/mol. The third-order valence-corrected chi connectivity index (χ3v) is 7.92. The Morgan fingerprint density at radius 2 is 1.85 bits per heavy atom. The summed E-state index contributed by atoms with van der Waals surface area (Å²) >= 11 is 0. The number of rotatable bonds is 8. The van der Waals surface area contributed by atoms with Gasteiger partial charge in [0.25, 0.3) is 0 Å². The van der Waals surface area contributed by atoms with Crippen molar-refractivity contribution in [1.82, 2.24) is 9.55 Å². The van der Waals surface area contributed by atoms with Gasteiger partial charge in [-0.1, -0.05) is 5.92 Å². The molecule has 0 aliphatic carbocycles. The van der Waals surface area contributed by atoms with Crippen LogP contribution in [0.5, 0.6) is 0 Å². The predicted octanol–water partition coefficient (Wildman–Crippen LogP) is -1.54. The third kappa shape index (κ3) is 6.78. The Morgan fingerprint density at radius 1 is 1.24 bits per heavy atom. The first-order chi connectivity index (χ1) is 14.9. The number of aryl methyl sites for hydroxylation is 1. The Balaban J connectivity index is 2.28. The number of nitrogens with two attached hydrogens (primary N) is 2. The van der Waals surface area contributed by atoms with E-state index in [1.807, 2.05) is 0 Å². The number of aliphatic hydroxyl groups is 1. The number of anilines is 1. The van der Waals surface area contributed by atoms with Gasteiger partial charge < -0.3 is 40.9 Å². The van der Waals surface area contributed by atoms with Crippen molar-refractivity contribution < 1.29 is 56.3 Å². The summed E-state index contributed by atoms with van der Waals surface area (Å²) in [7, 11) is -16.8. The first kappa shape index (κ1) is 27.8. The van der Waals surface area contributed by atoms with Crippen LogP contribution < -0.4 is 17.2 Å². The van der Waals surface area contributed by atoms with E-state index in [1.54, 1.807) is 0 Å². The lowest BCUT2D eigenvalue weighted by Crippen LogP contribution is -2.55. The van der Waals surface area contributed by atoms with Crippen LogP contribution in [0.4, 0.5) is 5.82 Å². The number of nitrogens with zero attached hydrogens (tertiary/aromatic N) is 2. The summed E-state index contributed by atoms with van der Waals surface area (Å²) < 4.78 is 52.2. The standard InChI is InChI=1S/C13H21N4O13P3/c1-3-4-13(15)10(18)8(28-11(13)17-7(2)5-9(14)16-12(17)19)6-27-32(23,24)30-33(25,26)29-31(20,21)22/h5,8,10-11,18H,6,15H2,1-2H3,(H,23,24)(H,25,26)(H2,14,16,19)(H2,20,21,22)/t8-,10?,11-,13?/m1/s1. The maximum atomic E-state index is 12.4. The van der Waals surface area contributed by atoms with Gasteiger partial charge in [-0.15, -0.1) is 5.92 Å². The number of aromatic nitrogens is 2. The summed E-state index contributed by atoms with van der Waals surface area (Å²) in [5.74, 6) is 4.88. The fourth-order valence-electron chi connectivity index (χ4n) is 2.95. The molecule has 0 radical (unpaired) electrons. The van der Waals surface area contributed by atoms with Crippen LogP contribution >= 0.6 is 23.5 Å². The van der Waals surface area contributed by atoms with Crippen LogP contribution in [0.15, 0.2) is 10.9 Å². The lowest BCUT2D eigenvalue weighted by Gasteiger charge is -2.29. The van der Waals surface area contributed by atoms with Crippen LogP contribution in [0, 0.1) is 18.8 Å². The van der Waals surface area contributed by atoms with Gasteiger partial charge in [0.2, 0.25) is 0 Å². The minimum atomic E-state index is -5.74. The van der Waals surface area contributed by atoms with E-state index in [4.69, 9.17) is 26.0 Å². The number of phosphoric acid groups is 3. The van der Waals surface area contributed by atoms with Gasteiger partial charge in [0, 0.05) is 5.69 Å². The van der Waals surface area contributed by atoms with Crippen LogP contribution in [0.1, 0.15) is 18.8 Å². The second kappa shape index (κ2) is 9.65. The molecule has 20 heteroatoms.